The number of esters is 6. The summed E-state index contributed by atoms with van der Waals surface area (Å²) in [4.78, 5) is 71.6. The first-order valence-electron chi connectivity index (χ1n) is 16.6. The maximum absolute atomic E-state index is 12.1. The molecule has 2 saturated heterocycles. The third-order valence-electron chi connectivity index (χ3n) is 11.9. The molecule has 0 radical (unpaired) electrons. The molecule has 0 aromatic carbocycles. The fraction of sp³-hybridized carbons (Fsp3) is 0.824. The normalized spacial score (nSPS) is 37.7. The molecule has 2 aliphatic heterocycles. The summed E-state index contributed by atoms with van der Waals surface area (Å²) in [7, 11) is 0. The Labute approximate surface area is 269 Å². The van der Waals surface area contributed by atoms with E-state index in [1.807, 2.05) is 27.7 Å². The van der Waals surface area contributed by atoms with Gasteiger partial charge in [-0.1, -0.05) is 20.8 Å². The van der Waals surface area contributed by atoms with Gasteiger partial charge in [-0.05, 0) is 72.6 Å². The number of hydrogen-bond donors (Lipinski definition) is 0. The lowest BCUT2D eigenvalue weighted by molar-refractivity contribution is -0.181. The molecule has 4 bridgehead atoms. The van der Waals surface area contributed by atoms with E-state index in [0.29, 0.717) is 12.8 Å². The topological polar surface area (TPSA) is 158 Å². The Morgan fingerprint density at radius 2 is 1.39 bits per heavy atom. The molecule has 11 atom stereocenters. The van der Waals surface area contributed by atoms with E-state index in [9.17, 15) is 28.8 Å². The fourth-order valence-electron chi connectivity index (χ4n) is 8.33. The Morgan fingerprint density at radius 1 is 0.826 bits per heavy atom. The third kappa shape index (κ3) is 5.78. The molecule has 4 aliphatic carbocycles. The van der Waals surface area contributed by atoms with Crippen LogP contribution in [0.15, 0.2) is 0 Å². The molecule has 0 aromatic rings. The number of rotatable bonds is 10. The van der Waals surface area contributed by atoms with Crippen molar-refractivity contribution >= 4 is 35.8 Å². The molecule has 4 saturated carbocycles. The lowest BCUT2D eigenvalue weighted by Gasteiger charge is -2.34. The summed E-state index contributed by atoms with van der Waals surface area (Å²) in [5.41, 5.74) is -1.95. The average Bonchev–Trinajstić information content (AvgIpc) is 3.80. The van der Waals surface area contributed by atoms with Crippen molar-refractivity contribution in [2.24, 2.45) is 52.3 Å². The first-order chi connectivity index (χ1) is 21.4. The molecule has 0 spiro atoms. The zero-order valence-corrected chi connectivity index (χ0v) is 28.1. The molecular formula is C34H48O12. The van der Waals surface area contributed by atoms with Crippen molar-refractivity contribution in [3.05, 3.63) is 0 Å². The van der Waals surface area contributed by atoms with Gasteiger partial charge in [-0.15, -0.1) is 0 Å². The molecule has 0 amide bonds. The average molecular weight is 649 g/mol. The quantitative estimate of drug-likeness (QED) is 0.251. The molecule has 6 rings (SSSR count). The first-order valence-corrected chi connectivity index (χ1v) is 16.6. The zero-order valence-electron chi connectivity index (χ0n) is 28.1. The van der Waals surface area contributed by atoms with Crippen LogP contribution >= 0.6 is 0 Å². The number of carbonyl (C=O) groups excluding carboxylic acids is 6. The summed E-state index contributed by atoms with van der Waals surface area (Å²) in [5, 5.41) is 0. The van der Waals surface area contributed by atoms with Crippen molar-refractivity contribution in [1.82, 2.24) is 0 Å². The van der Waals surface area contributed by atoms with Gasteiger partial charge in [0.05, 0.1) is 22.7 Å². The molecule has 12 heteroatoms. The Balaban J connectivity index is 0.000000181. The van der Waals surface area contributed by atoms with Crippen LogP contribution < -0.4 is 0 Å². The smallest absolute Gasteiger partial charge is 0.344 e. The monoisotopic (exact) mass is 648 g/mol. The van der Waals surface area contributed by atoms with Crippen molar-refractivity contribution in [3.63, 3.8) is 0 Å². The van der Waals surface area contributed by atoms with Crippen molar-refractivity contribution in [1.29, 1.82) is 0 Å². The molecule has 6 fully saturated rings. The van der Waals surface area contributed by atoms with Crippen LogP contribution in [0.3, 0.4) is 0 Å². The van der Waals surface area contributed by atoms with Gasteiger partial charge in [0.25, 0.3) is 0 Å². The third-order valence-corrected chi connectivity index (χ3v) is 11.9. The number of ether oxygens (including phenoxy) is 6. The van der Waals surface area contributed by atoms with E-state index in [2.05, 4.69) is 0 Å². The minimum absolute atomic E-state index is 0.0388. The minimum Gasteiger partial charge on any atom is -0.458 e. The Bertz CT molecular complexity index is 1280. The van der Waals surface area contributed by atoms with Crippen LogP contribution in [0, 0.1) is 52.3 Å². The standard InChI is InChI=1S/2C17H24O6/c1-5-16(2,3)15(20)21-8-12(18)22-13-9-6-10-11(7-9)17(13,4)23-14(10)19;1-5-17(3,4)16(20)21-7-11(18)22-13-9-6-10-12(8(9)2)15(19)23-14(10)13/h9-11,13H,5-8H2,1-4H3;8-10,12-14H,5-7H2,1-4H3. The maximum Gasteiger partial charge on any atom is 0.344 e. The van der Waals surface area contributed by atoms with Crippen molar-refractivity contribution in [3.8, 4) is 0 Å². The fourth-order valence-corrected chi connectivity index (χ4v) is 8.33. The molecule has 12 nitrogen and oxygen atoms in total. The van der Waals surface area contributed by atoms with E-state index < -0.39 is 65.7 Å². The van der Waals surface area contributed by atoms with Gasteiger partial charge < -0.3 is 28.4 Å². The van der Waals surface area contributed by atoms with Gasteiger partial charge in [-0.25, -0.2) is 9.59 Å². The highest BCUT2D eigenvalue weighted by molar-refractivity contribution is 5.81. The molecule has 0 aromatic heterocycles. The van der Waals surface area contributed by atoms with Gasteiger partial charge in [-0.3, -0.25) is 19.2 Å². The lowest BCUT2D eigenvalue weighted by atomic mass is 9.79. The van der Waals surface area contributed by atoms with E-state index in [0.717, 1.165) is 19.3 Å². The van der Waals surface area contributed by atoms with Gasteiger partial charge >= 0.3 is 35.8 Å². The van der Waals surface area contributed by atoms with Crippen molar-refractivity contribution < 1.29 is 57.2 Å². The highest BCUT2D eigenvalue weighted by atomic mass is 16.6. The molecule has 46 heavy (non-hydrogen) atoms. The van der Waals surface area contributed by atoms with Crippen molar-refractivity contribution in [2.75, 3.05) is 13.2 Å². The molecule has 0 N–H and O–H groups in total. The van der Waals surface area contributed by atoms with Gasteiger partial charge in [0.15, 0.2) is 13.2 Å². The van der Waals surface area contributed by atoms with Crippen LogP contribution in [0.25, 0.3) is 0 Å². The maximum atomic E-state index is 12.1. The molecule has 11 unspecified atom stereocenters. The molecule has 256 valence electrons. The van der Waals surface area contributed by atoms with E-state index >= 15 is 0 Å². The van der Waals surface area contributed by atoms with Crippen LogP contribution in [-0.4, -0.2) is 72.9 Å². The first kappa shape index (κ1) is 34.2. The Morgan fingerprint density at radius 3 is 1.96 bits per heavy atom. The Hall–Kier alpha value is -3.18. The van der Waals surface area contributed by atoms with Gasteiger partial charge in [0.2, 0.25) is 0 Å². The second-order valence-electron chi connectivity index (χ2n) is 15.4. The highest BCUT2D eigenvalue weighted by Gasteiger charge is 2.70. The van der Waals surface area contributed by atoms with Crippen LogP contribution in [0.5, 0.6) is 0 Å². The van der Waals surface area contributed by atoms with Gasteiger partial charge in [0, 0.05) is 23.7 Å². The summed E-state index contributed by atoms with van der Waals surface area (Å²) >= 11 is 0. The summed E-state index contributed by atoms with van der Waals surface area (Å²) in [6, 6.07) is 0. The summed E-state index contributed by atoms with van der Waals surface area (Å²) < 4.78 is 32.1. The van der Waals surface area contributed by atoms with Crippen LogP contribution in [0.4, 0.5) is 0 Å². The van der Waals surface area contributed by atoms with E-state index in [1.54, 1.807) is 27.7 Å². The predicted molar refractivity (Wildman–Crippen MR) is 158 cm³/mol. The Kier molecular flexibility index (Phi) is 9.00. The van der Waals surface area contributed by atoms with Gasteiger partial charge in [-0.2, -0.15) is 0 Å². The number of carbonyl (C=O) groups is 6. The van der Waals surface area contributed by atoms with E-state index in [4.69, 9.17) is 28.4 Å². The van der Waals surface area contributed by atoms with Gasteiger partial charge in [0.1, 0.15) is 23.9 Å². The summed E-state index contributed by atoms with van der Waals surface area (Å²) in [5.74, 6) is -1.59. The molecule has 6 aliphatic rings. The number of hydrogen-bond acceptors (Lipinski definition) is 12. The zero-order chi connectivity index (χ0) is 33.9. The molecule has 2 heterocycles. The van der Waals surface area contributed by atoms with Crippen LogP contribution in [-0.2, 0) is 57.2 Å². The largest absolute Gasteiger partial charge is 0.458 e. The second-order valence-corrected chi connectivity index (χ2v) is 15.4. The second kappa shape index (κ2) is 12.1. The summed E-state index contributed by atoms with van der Waals surface area (Å²) in [6.45, 7) is 13.9. The van der Waals surface area contributed by atoms with Crippen LogP contribution in [0.1, 0.15) is 87.5 Å². The molecular weight excluding hydrogens is 600 g/mol. The minimum atomic E-state index is -0.715. The number of fused-ring (bicyclic) bond motifs is 2. The lowest BCUT2D eigenvalue weighted by Crippen LogP contribution is -2.46. The van der Waals surface area contributed by atoms with Crippen molar-refractivity contribution in [2.45, 2.75) is 111 Å². The predicted octanol–water partition coefficient (Wildman–Crippen LogP) is 3.55. The SMILES string of the molecule is CCC(C)(C)C(=O)OCC(=O)OC1C2CC3C(=O)OC1(C)C3C2.CCC(C)(C)C(=O)OCC(=O)OC1C2CC3C1OC(=O)C3C2C. The highest BCUT2D eigenvalue weighted by Crippen LogP contribution is 2.61. The summed E-state index contributed by atoms with van der Waals surface area (Å²) in [6.07, 6.45) is 2.55. The van der Waals surface area contributed by atoms with Crippen LogP contribution in [0.2, 0.25) is 0 Å². The van der Waals surface area contributed by atoms with E-state index in [1.165, 1.54) is 0 Å². The van der Waals surface area contributed by atoms with E-state index in [-0.39, 0.29) is 59.5 Å².